The summed E-state index contributed by atoms with van der Waals surface area (Å²) < 4.78 is 6.14. The second-order valence-corrected chi connectivity index (χ2v) is 8.59. The molecule has 0 radical (unpaired) electrons. The molecule has 0 amide bonds. The van der Waals surface area contributed by atoms with Gasteiger partial charge in [-0.3, -0.25) is 4.79 Å². The van der Waals surface area contributed by atoms with Crippen LogP contribution in [0.2, 0.25) is 0 Å². The molecule has 1 aromatic heterocycles. The smallest absolute Gasteiger partial charge is 0.307 e. The van der Waals surface area contributed by atoms with Crippen molar-refractivity contribution in [3.05, 3.63) is 94.7 Å². The second-order valence-electron chi connectivity index (χ2n) is 8.59. The lowest BCUT2D eigenvalue weighted by atomic mass is 10.1. The Bertz CT molecular complexity index is 1340. The third kappa shape index (κ3) is 6.51. The van der Waals surface area contributed by atoms with Gasteiger partial charge in [-0.1, -0.05) is 42.8 Å². The van der Waals surface area contributed by atoms with Gasteiger partial charge in [-0.15, -0.1) is 0 Å². The third-order valence-corrected chi connectivity index (χ3v) is 5.78. The van der Waals surface area contributed by atoms with Crippen LogP contribution in [0.4, 0.5) is 0 Å². The molecule has 6 heteroatoms. The van der Waals surface area contributed by atoms with Gasteiger partial charge in [-0.2, -0.15) is 0 Å². The summed E-state index contributed by atoms with van der Waals surface area (Å²) in [7, 11) is 0. The first-order chi connectivity index (χ1) is 17.0. The highest BCUT2D eigenvalue weighted by molar-refractivity contribution is 5.82. The lowest BCUT2D eigenvalue weighted by Crippen LogP contribution is -2.04. The van der Waals surface area contributed by atoms with Gasteiger partial charge in [-0.25, -0.2) is 0 Å². The minimum atomic E-state index is -0.826. The fourth-order valence-corrected chi connectivity index (χ4v) is 4.02. The van der Waals surface area contributed by atoms with Crippen molar-refractivity contribution < 1.29 is 19.5 Å². The van der Waals surface area contributed by atoms with E-state index in [1.807, 2.05) is 61.5 Å². The Morgan fingerprint density at radius 2 is 1.89 bits per heavy atom. The van der Waals surface area contributed by atoms with E-state index in [4.69, 9.17) is 14.7 Å². The lowest BCUT2D eigenvalue weighted by Gasteiger charge is -2.11. The molecule has 4 rings (SSSR count). The summed E-state index contributed by atoms with van der Waals surface area (Å²) in [6.07, 6.45) is 4.39. The van der Waals surface area contributed by atoms with Crippen LogP contribution >= 0.6 is 0 Å². The molecule has 0 unspecified atom stereocenters. The third-order valence-electron chi connectivity index (χ3n) is 5.78. The van der Waals surface area contributed by atoms with Gasteiger partial charge < -0.3 is 19.7 Å². The van der Waals surface area contributed by atoms with Crippen LogP contribution in [0.3, 0.4) is 0 Å². The molecule has 0 spiro atoms. The van der Waals surface area contributed by atoms with Crippen molar-refractivity contribution in [2.75, 3.05) is 6.61 Å². The molecule has 0 bridgehead atoms. The summed E-state index contributed by atoms with van der Waals surface area (Å²) in [6.45, 7) is 4.67. The number of aryl methyl sites for hydroxylation is 2. The van der Waals surface area contributed by atoms with Crippen molar-refractivity contribution >= 4 is 23.1 Å². The average Bonchev–Trinajstić information content (AvgIpc) is 3.23. The molecule has 0 aliphatic carbocycles. The molecule has 180 valence electrons. The van der Waals surface area contributed by atoms with Gasteiger partial charge in [0.1, 0.15) is 5.75 Å². The van der Waals surface area contributed by atoms with Crippen LogP contribution in [0.5, 0.6) is 11.5 Å². The highest BCUT2D eigenvalue weighted by atomic mass is 16.6. The van der Waals surface area contributed by atoms with Crippen molar-refractivity contribution in [2.24, 2.45) is 5.16 Å². The first kappa shape index (κ1) is 24.1. The van der Waals surface area contributed by atoms with Gasteiger partial charge in [0.2, 0.25) is 0 Å². The molecule has 1 heterocycles. The zero-order valence-electron chi connectivity index (χ0n) is 20.1. The van der Waals surface area contributed by atoms with Crippen molar-refractivity contribution in [1.29, 1.82) is 0 Å². The Labute approximate surface area is 205 Å². The molecular weight excluding hydrogens is 440 g/mol. The number of rotatable bonds is 11. The maximum absolute atomic E-state index is 11.0. The quantitative estimate of drug-likeness (QED) is 0.205. The topological polar surface area (TPSA) is 83.9 Å². The van der Waals surface area contributed by atoms with Crippen molar-refractivity contribution in [1.82, 2.24) is 4.98 Å². The predicted molar refractivity (Wildman–Crippen MR) is 139 cm³/mol. The van der Waals surface area contributed by atoms with E-state index < -0.39 is 5.97 Å². The molecule has 35 heavy (non-hydrogen) atoms. The number of hydrogen-bond acceptors (Lipinski definition) is 4. The van der Waals surface area contributed by atoms with Crippen molar-refractivity contribution in [3.63, 3.8) is 0 Å². The number of carbonyl (C=O) groups is 1. The first-order valence-corrected chi connectivity index (χ1v) is 11.9. The van der Waals surface area contributed by atoms with E-state index in [1.165, 1.54) is 0 Å². The molecule has 6 nitrogen and oxygen atoms in total. The summed E-state index contributed by atoms with van der Waals surface area (Å²) in [5.41, 5.74) is 5.99. The highest BCUT2D eigenvalue weighted by Gasteiger charge is 2.08. The number of aromatic amines is 1. The summed E-state index contributed by atoms with van der Waals surface area (Å²) in [4.78, 5) is 19.9. The number of carboxylic acid groups (broad SMARTS) is 1. The maximum Gasteiger partial charge on any atom is 0.307 e. The molecule has 0 aliphatic heterocycles. The number of nitrogens with zero attached hydrogens (tertiary/aromatic N) is 1. The van der Waals surface area contributed by atoms with E-state index in [9.17, 15) is 4.79 Å². The Hall–Kier alpha value is -4.06. The molecule has 0 saturated heterocycles. The van der Waals surface area contributed by atoms with Crippen LogP contribution in [-0.2, 0) is 24.1 Å². The second kappa shape index (κ2) is 11.4. The Kier molecular flexibility index (Phi) is 7.83. The molecule has 4 aromatic rings. The van der Waals surface area contributed by atoms with Crippen LogP contribution in [0.15, 0.2) is 71.9 Å². The molecule has 2 N–H and O–H groups in total. The fraction of sp³-hybridized carbons (Fsp3) is 0.241. The normalized spacial score (nSPS) is 11.3. The molecule has 0 atom stereocenters. The van der Waals surface area contributed by atoms with Gasteiger partial charge in [-0.05, 0) is 83.4 Å². The van der Waals surface area contributed by atoms with Crippen molar-refractivity contribution in [3.8, 4) is 11.5 Å². The number of para-hydroxylation sites is 1. The number of hydrogen-bond donors (Lipinski definition) is 2. The van der Waals surface area contributed by atoms with Crippen molar-refractivity contribution in [2.45, 2.75) is 39.5 Å². The van der Waals surface area contributed by atoms with Gasteiger partial charge in [0.25, 0.3) is 0 Å². The molecule has 0 saturated carbocycles. The number of ether oxygens (including phenoxy) is 1. The number of oxime groups is 1. The average molecular weight is 471 g/mol. The van der Waals surface area contributed by atoms with Gasteiger partial charge >= 0.3 is 5.97 Å². The van der Waals surface area contributed by atoms with E-state index in [-0.39, 0.29) is 6.42 Å². The standard InChI is InChI=1S/C29H30N2O4/c1-3-6-23-16-22(19-30-35-27-8-5-4-7-20(27)2)10-12-28(23)34-14-13-25-18-24-15-21(17-29(32)33)9-11-26(24)31-25/h4-5,7-12,15-16,18-19,31H,3,6,13-14,17H2,1-2H3,(H,32,33)/b30-19+. The number of carboxylic acids is 1. The summed E-state index contributed by atoms with van der Waals surface area (Å²) in [5, 5.41) is 14.2. The first-order valence-electron chi connectivity index (χ1n) is 11.9. The molecule has 0 aliphatic rings. The van der Waals surface area contributed by atoms with E-state index in [0.29, 0.717) is 6.61 Å². The van der Waals surface area contributed by atoms with E-state index in [2.05, 4.69) is 29.2 Å². The predicted octanol–water partition coefficient (Wildman–Crippen LogP) is 6.09. The number of aliphatic carboxylic acids is 1. The number of H-pyrrole nitrogens is 1. The van der Waals surface area contributed by atoms with Crippen LogP contribution < -0.4 is 9.57 Å². The number of aromatic nitrogens is 1. The zero-order chi connectivity index (χ0) is 24.6. The summed E-state index contributed by atoms with van der Waals surface area (Å²) >= 11 is 0. The van der Waals surface area contributed by atoms with E-state index in [1.54, 1.807) is 6.21 Å². The molecular formula is C29H30N2O4. The van der Waals surface area contributed by atoms with Gasteiger partial charge in [0, 0.05) is 17.6 Å². The monoisotopic (exact) mass is 470 g/mol. The largest absolute Gasteiger partial charge is 0.493 e. The molecule has 3 aromatic carbocycles. The van der Waals surface area contributed by atoms with E-state index >= 15 is 0 Å². The van der Waals surface area contributed by atoms with Gasteiger partial charge in [0.15, 0.2) is 5.75 Å². The van der Waals surface area contributed by atoms with E-state index in [0.717, 1.165) is 69.6 Å². The Morgan fingerprint density at radius 3 is 2.69 bits per heavy atom. The Balaban J connectivity index is 1.38. The minimum Gasteiger partial charge on any atom is -0.493 e. The lowest BCUT2D eigenvalue weighted by molar-refractivity contribution is -0.136. The SMILES string of the molecule is CCCc1cc(/C=N/Oc2ccccc2C)ccc1OCCc1cc2cc(CC(=O)O)ccc2[nH]1. The van der Waals surface area contributed by atoms with Crippen LogP contribution in [-0.4, -0.2) is 28.9 Å². The minimum absolute atomic E-state index is 0.0263. The van der Waals surface area contributed by atoms with Crippen LogP contribution in [0.25, 0.3) is 10.9 Å². The molecule has 0 fully saturated rings. The Morgan fingerprint density at radius 1 is 1.03 bits per heavy atom. The number of nitrogens with one attached hydrogen (secondary N) is 1. The highest BCUT2D eigenvalue weighted by Crippen LogP contribution is 2.23. The van der Waals surface area contributed by atoms with Crippen LogP contribution in [0, 0.1) is 6.92 Å². The maximum atomic E-state index is 11.0. The zero-order valence-corrected chi connectivity index (χ0v) is 20.1. The number of fused-ring (bicyclic) bond motifs is 1. The summed E-state index contributed by atoms with van der Waals surface area (Å²) in [5.74, 6) is 0.795. The fourth-order valence-electron chi connectivity index (χ4n) is 4.02. The summed E-state index contributed by atoms with van der Waals surface area (Å²) in [6, 6.07) is 21.6. The number of benzene rings is 3. The van der Waals surface area contributed by atoms with Crippen LogP contribution in [0.1, 0.15) is 41.3 Å². The van der Waals surface area contributed by atoms with Gasteiger partial charge in [0.05, 0.1) is 19.2 Å².